The lowest BCUT2D eigenvalue weighted by atomic mass is 10.3. The van der Waals surface area contributed by atoms with Crippen LogP contribution in [0.25, 0.3) is 22.5 Å². The lowest BCUT2D eigenvalue weighted by Gasteiger charge is -2.08. The third kappa shape index (κ3) is 3.07. The van der Waals surface area contributed by atoms with Gasteiger partial charge in [0.1, 0.15) is 12.1 Å². The number of nitrogens with zero attached hydrogens (tertiary/aromatic N) is 6. The maximum Gasteiger partial charge on any atom is 0.266 e. The van der Waals surface area contributed by atoms with Gasteiger partial charge in [-0.2, -0.15) is 14.9 Å². The lowest BCUT2D eigenvalue weighted by Crippen LogP contribution is -2.14. The summed E-state index contributed by atoms with van der Waals surface area (Å²) in [7, 11) is 0. The van der Waals surface area contributed by atoms with Gasteiger partial charge in [0.2, 0.25) is 0 Å². The van der Waals surface area contributed by atoms with Crippen molar-refractivity contribution in [2.75, 3.05) is 5.32 Å². The van der Waals surface area contributed by atoms with E-state index in [0.29, 0.717) is 22.2 Å². The van der Waals surface area contributed by atoms with E-state index in [1.165, 1.54) is 17.7 Å². The van der Waals surface area contributed by atoms with Gasteiger partial charge >= 0.3 is 0 Å². The molecule has 4 heterocycles. The van der Waals surface area contributed by atoms with Crippen LogP contribution in [-0.4, -0.2) is 35.4 Å². The number of fused-ring (bicyclic) bond motifs is 1. The summed E-state index contributed by atoms with van der Waals surface area (Å²) in [5, 5.41) is 14.5. The first-order chi connectivity index (χ1) is 14.2. The number of anilines is 1. The minimum atomic E-state index is -0.188. The lowest BCUT2D eigenvalue weighted by molar-refractivity contribution is 0.103. The van der Waals surface area contributed by atoms with Crippen molar-refractivity contribution in [2.24, 2.45) is 0 Å². The van der Waals surface area contributed by atoms with E-state index >= 15 is 0 Å². The fraction of sp³-hybridized carbons (Fsp3) is 0.0500. The van der Waals surface area contributed by atoms with E-state index in [2.05, 4.69) is 25.5 Å². The van der Waals surface area contributed by atoms with E-state index in [1.54, 1.807) is 27.7 Å². The summed E-state index contributed by atoms with van der Waals surface area (Å²) >= 11 is 1.38. The average Bonchev–Trinajstić information content (AvgIpc) is 3.48. The van der Waals surface area contributed by atoms with Gasteiger partial charge in [-0.05, 0) is 30.5 Å². The second-order valence-electron chi connectivity index (χ2n) is 6.34. The van der Waals surface area contributed by atoms with Gasteiger partial charge in [-0.25, -0.2) is 14.6 Å². The first-order valence-electron chi connectivity index (χ1n) is 8.87. The zero-order valence-corrected chi connectivity index (χ0v) is 16.2. The van der Waals surface area contributed by atoms with Gasteiger partial charge in [-0.1, -0.05) is 24.3 Å². The quantitative estimate of drug-likeness (QED) is 0.497. The van der Waals surface area contributed by atoms with Gasteiger partial charge in [0, 0.05) is 6.07 Å². The Morgan fingerprint density at radius 2 is 1.93 bits per heavy atom. The Bertz CT molecular complexity index is 1310. The molecular formula is C20H15N7OS. The second kappa shape index (κ2) is 6.95. The molecule has 0 fully saturated rings. The molecule has 0 radical (unpaired) electrons. The molecule has 0 atom stereocenters. The summed E-state index contributed by atoms with van der Waals surface area (Å²) in [4.78, 5) is 22.0. The van der Waals surface area contributed by atoms with Crippen molar-refractivity contribution in [2.45, 2.75) is 6.92 Å². The van der Waals surface area contributed by atoms with Gasteiger partial charge in [0.25, 0.3) is 5.91 Å². The molecule has 4 aromatic heterocycles. The summed E-state index contributed by atoms with van der Waals surface area (Å²) in [6.45, 7) is 1.86. The second-order valence-corrected chi connectivity index (χ2v) is 7.29. The van der Waals surface area contributed by atoms with E-state index in [1.807, 2.05) is 48.7 Å². The van der Waals surface area contributed by atoms with E-state index < -0.39 is 0 Å². The number of thiophene rings is 1. The van der Waals surface area contributed by atoms with Crippen LogP contribution >= 0.6 is 11.3 Å². The highest BCUT2D eigenvalue weighted by Gasteiger charge is 2.18. The molecule has 9 heteroatoms. The molecule has 0 spiro atoms. The van der Waals surface area contributed by atoms with Crippen molar-refractivity contribution in [3.63, 3.8) is 0 Å². The van der Waals surface area contributed by atoms with Crippen molar-refractivity contribution in [1.29, 1.82) is 0 Å². The van der Waals surface area contributed by atoms with E-state index in [0.717, 1.165) is 16.8 Å². The highest BCUT2D eigenvalue weighted by atomic mass is 32.1. The molecule has 0 bridgehead atoms. The maximum absolute atomic E-state index is 12.5. The largest absolute Gasteiger partial charge is 0.306 e. The Morgan fingerprint density at radius 1 is 1.07 bits per heavy atom. The zero-order valence-electron chi connectivity index (χ0n) is 15.4. The molecule has 0 aliphatic carbocycles. The first-order valence-corrected chi connectivity index (χ1v) is 9.75. The minimum absolute atomic E-state index is 0.188. The van der Waals surface area contributed by atoms with E-state index in [4.69, 9.17) is 0 Å². The summed E-state index contributed by atoms with van der Waals surface area (Å²) in [5.74, 6) is 0.895. The normalized spacial score (nSPS) is 11.1. The molecule has 8 nitrogen and oxygen atoms in total. The van der Waals surface area contributed by atoms with Crippen LogP contribution in [0.5, 0.6) is 0 Å². The number of aromatic nitrogens is 6. The van der Waals surface area contributed by atoms with Crippen LogP contribution in [0.4, 0.5) is 5.82 Å². The summed E-state index contributed by atoms with van der Waals surface area (Å²) < 4.78 is 3.36. The van der Waals surface area contributed by atoms with Gasteiger partial charge in [0.05, 0.1) is 27.8 Å². The van der Waals surface area contributed by atoms with Crippen LogP contribution in [-0.2, 0) is 0 Å². The average molecular weight is 401 g/mol. The molecule has 1 aromatic carbocycles. The summed E-state index contributed by atoms with van der Waals surface area (Å²) in [5.41, 5.74) is 2.31. The highest BCUT2D eigenvalue weighted by Crippen LogP contribution is 2.24. The molecular weight excluding hydrogens is 386 g/mol. The molecule has 142 valence electrons. The number of hydrogen-bond acceptors (Lipinski definition) is 6. The van der Waals surface area contributed by atoms with Crippen molar-refractivity contribution < 1.29 is 4.79 Å². The number of carbonyl (C=O) groups excluding carboxylic acids is 1. The number of benzene rings is 1. The number of carbonyl (C=O) groups is 1. The predicted octanol–water partition coefficient (Wildman–Crippen LogP) is 3.62. The molecule has 0 aliphatic heterocycles. The number of hydrogen-bond donors (Lipinski definition) is 1. The van der Waals surface area contributed by atoms with Crippen LogP contribution < -0.4 is 5.32 Å². The predicted molar refractivity (Wildman–Crippen MR) is 111 cm³/mol. The highest BCUT2D eigenvalue weighted by molar-refractivity contribution is 7.12. The standard InChI is InChI=1S/C20H15N7OS/c1-13-10-17(24-20(28)16-8-5-9-29-16)27(25-13)19-15-11-23-26(18(15)21-12-22-19)14-6-3-2-4-7-14/h2-12H,1H3,(H,24,28). The molecule has 1 amide bonds. The number of para-hydroxylation sites is 1. The minimum Gasteiger partial charge on any atom is -0.306 e. The Morgan fingerprint density at radius 3 is 2.72 bits per heavy atom. The Balaban J connectivity index is 1.60. The zero-order chi connectivity index (χ0) is 19.8. The van der Waals surface area contributed by atoms with Gasteiger partial charge in [-0.3, -0.25) is 4.79 Å². The molecule has 29 heavy (non-hydrogen) atoms. The molecule has 5 aromatic rings. The van der Waals surface area contributed by atoms with Crippen LogP contribution in [0.15, 0.2) is 66.4 Å². The molecule has 5 rings (SSSR count). The van der Waals surface area contributed by atoms with E-state index in [9.17, 15) is 4.79 Å². The molecule has 0 aliphatic rings. The Kier molecular flexibility index (Phi) is 4.14. The number of rotatable bonds is 4. The Hall–Kier alpha value is -3.85. The van der Waals surface area contributed by atoms with Crippen LogP contribution in [0, 0.1) is 6.92 Å². The van der Waals surface area contributed by atoms with Crippen LogP contribution in [0.2, 0.25) is 0 Å². The molecule has 1 N–H and O–H groups in total. The third-order valence-electron chi connectivity index (χ3n) is 4.36. The first kappa shape index (κ1) is 17.3. The van der Waals surface area contributed by atoms with Crippen LogP contribution in [0.3, 0.4) is 0 Å². The van der Waals surface area contributed by atoms with Crippen molar-refractivity contribution in [3.8, 4) is 11.5 Å². The number of amides is 1. The fourth-order valence-corrected chi connectivity index (χ4v) is 3.71. The topological polar surface area (TPSA) is 90.5 Å². The maximum atomic E-state index is 12.5. The smallest absolute Gasteiger partial charge is 0.266 e. The number of aryl methyl sites for hydroxylation is 1. The van der Waals surface area contributed by atoms with E-state index in [-0.39, 0.29) is 5.91 Å². The number of nitrogens with one attached hydrogen (secondary N) is 1. The van der Waals surface area contributed by atoms with Gasteiger partial charge < -0.3 is 5.32 Å². The summed E-state index contributed by atoms with van der Waals surface area (Å²) in [6.07, 6.45) is 3.18. The van der Waals surface area contributed by atoms with Gasteiger partial charge in [-0.15, -0.1) is 11.3 Å². The van der Waals surface area contributed by atoms with Crippen molar-refractivity contribution in [1.82, 2.24) is 29.5 Å². The SMILES string of the molecule is Cc1cc(NC(=O)c2cccs2)n(-c2ncnc3c2cnn3-c2ccccc2)n1. The Labute approximate surface area is 169 Å². The van der Waals surface area contributed by atoms with Crippen molar-refractivity contribution in [3.05, 3.63) is 77.0 Å². The summed E-state index contributed by atoms with van der Waals surface area (Å²) in [6, 6.07) is 15.2. The molecule has 0 saturated heterocycles. The van der Waals surface area contributed by atoms with Crippen LogP contribution in [0.1, 0.15) is 15.4 Å². The molecule has 0 unspecified atom stereocenters. The molecule has 0 saturated carbocycles. The van der Waals surface area contributed by atoms with Crippen molar-refractivity contribution >= 4 is 34.1 Å². The van der Waals surface area contributed by atoms with Gasteiger partial charge in [0.15, 0.2) is 11.5 Å². The fourth-order valence-electron chi connectivity index (χ4n) is 3.09. The third-order valence-corrected chi connectivity index (χ3v) is 5.23. The monoisotopic (exact) mass is 401 g/mol.